The fraction of sp³-hybridized carbons (Fsp3) is 0.407. The number of aryl methyl sites for hydroxylation is 2. The molecule has 1 atom stereocenters. The van der Waals surface area contributed by atoms with E-state index in [0.29, 0.717) is 34.1 Å². The number of fused-ring (bicyclic) bond motifs is 1. The van der Waals surface area contributed by atoms with Gasteiger partial charge in [0.05, 0.1) is 18.7 Å². The Hall–Kier alpha value is -3.92. The van der Waals surface area contributed by atoms with Gasteiger partial charge in [-0.1, -0.05) is 18.2 Å². The summed E-state index contributed by atoms with van der Waals surface area (Å²) in [5, 5.41) is 19.7. The number of hydrogen-bond acceptors (Lipinski definition) is 7. The molecule has 2 heterocycles. The van der Waals surface area contributed by atoms with Crippen LogP contribution in [0.15, 0.2) is 41.7 Å². The molecular weight excluding hydrogens is 472 g/mol. The highest BCUT2D eigenvalue weighted by Gasteiger charge is 2.23. The lowest BCUT2D eigenvalue weighted by Gasteiger charge is -2.29. The van der Waals surface area contributed by atoms with Crippen molar-refractivity contribution in [2.45, 2.75) is 39.7 Å². The number of nitrogens with zero attached hydrogens (tertiary/aromatic N) is 3. The van der Waals surface area contributed by atoms with Crippen LogP contribution in [0, 0.1) is 19.8 Å². The van der Waals surface area contributed by atoms with E-state index in [1.165, 1.54) is 6.33 Å². The normalized spacial score (nSPS) is 15.3. The average Bonchev–Trinajstić information content (AvgIpc) is 2.89. The van der Waals surface area contributed by atoms with Crippen molar-refractivity contribution >= 4 is 34.3 Å². The number of methoxy groups -OCH3 is 1. The van der Waals surface area contributed by atoms with Crippen LogP contribution in [-0.2, 0) is 4.79 Å². The van der Waals surface area contributed by atoms with E-state index < -0.39 is 12.5 Å². The lowest BCUT2D eigenvalue weighted by Crippen LogP contribution is -2.35. The van der Waals surface area contributed by atoms with Gasteiger partial charge in [0.25, 0.3) is 0 Å². The maximum atomic E-state index is 11.3. The molecule has 0 radical (unpaired) electrons. The third kappa shape index (κ3) is 6.45. The third-order valence-electron chi connectivity index (χ3n) is 6.62. The quantitative estimate of drug-likeness (QED) is 0.265. The van der Waals surface area contributed by atoms with Crippen LogP contribution in [0.25, 0.3) is 10.9 Å². The highest BCUT2D eigenvalue weighted by molar-refractivity contribution is 6.08. The fourth-order valence-electron chi connectivity index (χ4n) is 4.52. The molecule has 0 spiro atoms. The number of aliphatic imine (C=N–C) groups is 1. The maximum absolute atomic E-state index is 11.3. The van der Waals surface area contributed by atoms with Crippen molar-refractivity contribution < 1.29 is 19.4 Å². The summed E-state index contributed by atoms with van der Waals surface area (Å²) in [7, 11) is 1.60. The zero-order valence-electron chi connectivity index (χ0n) is 21.7. The first-order valence-electron chi connectivity index (χ1n) is 12.4. The molecule has 4 rings (SSSR count). The van der Waals surface area contributed by atoms with E-state index in [0.717, 1.165) is 42.7 Å². The molecule has 1 aliphatic heterocycles. The Kier molecular flexibility index (Phi) is 8.39. The number of ether oxygens (including phenoxy) is 2. The molecule has 0 bridgehead atoms. The highest BCUT2D eigenvalue weighted by atomic mass is 16.5. The van der Waals surface area contributed by atoms with Crippen molar-refractivity contribution in [1.29, 1.82) is 0 Å². The molecule has 37 heavy (non-hydrogen) atoms. The molecule has 10 heteroatoms. The minimum atomic E-state index is -1.04. The lowest BCUT2D eigenvalue weighted by atomic mass is 9.93. The summed E-state index contributed by atoms with van der Waals surface area (Å²) in [4.78, 5) is 24.3. The Morgan fingerprint density at radius 2 is 1.89 bits per heavy atom. The first-order chi connectivity index (χ1) is 17.9. The Bertz CT molecular complexity index is 1270. The third-order valence-corrected chi connectivity index (χ3v) is 6.62. The molecule has 10 nitrogen and oxygen atoms in total. The largest absolute Gasteiger partial charge is 0.493 e. The molecular formula is C27H34N6O4. The van der Waals surface area contributed by atoms with Crippen LogP contribution < -0.4 is 25.4 Å². The lowest BCUT2D eigenvalue weighted by molar-refractivity contribution is -0.135. The molecule has 196 valence electrons. The van der Waals surface area contributed by atoms with Crippen LogP contribution in [0.5, 0.6) is 11.5 Å². The summed E-state index contributed by atoms with van der Waals surface area (Å²) in [5.41, 5.74) is 3.51. The fourth-order valence-corrected chi connectivity index (χ4v) is 4.52. The summed E-state index contributed by atoms with van der Waals surface area (Å²) < 4.78 is 12.0. The van der Waals surface area contributed by atoms with Gasteiger partial charge in [-0.15, -0.1) is 0 Å². The number of carboxylic acid groups (broad SMARTS) is 1. The first kappa shape index (κ1) is 26.2. The molecule has 0 amide bonds. The van der Waals surface area contributed by atoms with Gasteiger partial charge >= 0.3 is 5.97 Å². The van der Waals surface area contributed by atoms with Crippen LogP contribution in [-0.4, -0.2) is 59.9 Å². The molecule has 2 aromatic carbocycles. The number of benzene rings is 2. The second kappa shape index (κ2) is 11.9. The second-order valence-corrected chi connectivity index (χ2v) is 9.23. The van der Waals surface area contributed by atoms with E-state index in [4.69, 9.17) is 9.47 Å². The van der Waals surface area contributed by atoms with Crippen molar-refractivity contribution in [3.8, 4) is 11.5 Å². The molecule has 1 aliphatic rings. The molecule has 1 aromatic heterocycles. The van der Waals surface area contributed by atoms with Gasteiger partial charge in [0.1, 0.15) is 18.7 Å². The minimum absolute atomic E-state index is 0.0317. The molecule has 0 saturated carbocycles. The van der Waals surface area contributed by atoms with E-state index in [2.05, 4.69) is 37.8 Å². The smallest absolute Gasteiger partial charge is 0.325 e. The number of piperidine rings is 1. The number of guanidine groups is 1. The molecule has 0 aliphatic carbocycles. The zero-order chi connectivity index (χ0) is 26.4. The van der Waals surface area contributed by atoms with E-state index >= 15 is 0 Å². The number of aliphatic carboxylic acids is 1. The summed E-state index contributed by atoms with van der Waals surface area (Å²) in [6.07, 6.45) is 3.62. The van der Waals surface area contributed by atoms with E-state index in [1.54, 1.807) is 7.11 Å². The summed E-state index contributed by atoms with van der Waals surface area (Å²) >= 11 is 0. The van der Waals surface area contributed by atoms with Gasteiger partial charge < -0.3 is 30.5 Å². The van der Waals surface area contributed by atoms with Gasteiger partial charge in [-0.2, -0.15) is 0 Å². The Balaban J connectivity index is 1.65. The van der Waals surface area contributed by atoms with Crippen molar-refractivity contribution in [3.05, 3.63) is 47.8 Å². The van der Waals surface area contributed by atoms with Crippen LogP contribution in [0.3, 0.4) is 0 Å². The Morgan fingerprint density at radius 3 is 2.57 bits per heavy atom. The number of anilines is 2. The SMILES string of the molecule is COc1cc2c(NC(=NCC(=O)O)Nc3c(C)cccc3C)ncnc2cc1OC(C)C1CCNCC1. The van der Waals surface area contributed by atoms with Crippen LogP contribution in [0.2, 0.25) is 0 Å². The number of aromatic nitrogens is 2. The van der Waals surface area contributed by atoms with Gasteiger partial charge in [0.15, 0.2) is 11.5 Å². The van der Waals surface area contributed by atoms with Gasteiger partial charge in [-0.25, -0.2) is 15.0 Å². The number of nitrogens with one attached hydrogen (secondary N) is 3. The topological polar surface area (TPSA) is 130 Å². The van der Waals surface area contributed by atoms with Crippen molar-refractivity contribution in [3.63, 3.8) is 0 Å². The minimum Gasteiger partial charge on any atom is -0.493 e. The van der Waals surface area contributed by atoms with E-state index in [1.807, 2.05) is 44.2 Å². The van der Waals surface area contributed by atoms with Gasteiger partial charge in [0, 0.05) is 17.1 Å². The number of carbonyl (C=O) groups is 1. The molecule has 1 saturated heterocycles. The number of hydrogen-bond donors (Lipinski definition) is 4. The Labute approximate surface area is 216 Å². The number of rotatable bonds is 8. The van der Waals surface area contributed by atoms with Crippen molar-refractivity contribution in [2.75, 3.05) is 37.4 Å². The standard InChI is InChI=1S/C27H34N6O4/c1-16-6-5-7-17(2)25(16)32-27(29-14-24(34)35)33-26-20-12-22(36-4)23(13-21(20)30-15-31-26)37-18(3)19-8-10-28-11-9-19/h5-7,12-13,15,18-19,28H,8-11,14H2,1-4H3,(H,34,35)(H2,29,30,31,32,33). The number of para-hydroxylation sites is 1. The maximum Gasteiger partial charge on any atom is 0.325 e. The van der Waals surface area contributed by atoms with Gasteiger partial charge in [0.2, 0.25) is 5.96 Å². The van der Waals surface area contributed by atoms with Crippen LogP contribution in [0.4, 0.5) is 11.5 Å². The summed E-state index contributed by atoms with van der Waals surface area (Å²) in [5.74, 6) is 1.34. The highest BCUT2D eigenvalue weighted by Crippen LogP contribution is 2.36. The van der Waals surface area contributed by atoms with Gasteiger partial charge in [-0.05, 0) is 69.8 Å². The molecule has 4 N–H and O–H groups in total. The molecule has 1 fully saturated rings. The molecule has 3 aromatic rings. The number of carboxylic acids is 1. The first-order valence-corrected chi connectivity index (χ1v) is 12.4. The summed E-state index contributed by atoms with van der Waals surface area (Å²) in [6, 6.07) is 9.59. The average molecular weight is 507 g/mol. The summed E-state index contributed by atoms with van der Waals surface area (Å²) in [6.45, 7) is 7.63. The predicted molar refractivity (Wildman–Crippen MR) is 145 cm³/mol. The van der Waals surface area contributed by atoms with Crippen LogP contribution in [0.1, 0.15) is 30.9 Å². The predicted octanol–water partition coefficient (Wildman–Crippen LogP) is 3.99. The Morgan fingerprint density at radius 1 is 1.16 bits per heavy atom. The van der Waals surface area contributed by atoms with Crippen LogP contribution >= 0.6 is 0 Å². The second-order valence-electron chi connectivity index (χ2n) is 9.23. The van der Waals surface area contributed by atoms with Crippen molar-refractivity contribution in [2.24, 2.45) is 10.9 Å². The van der Waals surface area contributed by atoms with Crippen molar-refractivity contribution in [1.82, 2.24) is 15.3 Å². The monoisotopic (exact) mass is 506 g/mol. The molecule has 1 unspecified atom stereocenters. The van der Waals surface area contributed by atoms with E-state index in [-0.39, 0.29) is 12.1 Å². The van der Waals surface area contributed by atoms with Gasteiger partial charge in [-0.3, -0.25) is 4.79 Å². The van der Waals surface area contributed by atoms with E-state index in [9.17, 15) is 9.90 Å². The zero-order valence-corrected chi connectivity index (χ0v) is 21.7.